The van der Waals surface area contributed by atoms with Crippen molar-refractivity contribution in [3.63, 3.8) is 0 Å². The van der Waals surface area contributed by atoms with Crippen LogP contribution < -0.4 is 0 Å². The Bertz CT molecular complexity index is 1160. The van der Waals surface area contributed by atoms with Crippen molar-refractivity contribution >= 4 is 52.3 Å². The van der Waals surface area contributed by atoms with E-state index in [1.807, 2.05) is 0 Å². The van der Waals surface area contributed by atoms with Crippen LogP contribution in [-0.2, 0) is 10.3 Å². The molecule has 1 atom stereocenters. The maximum atomic E-state index is 6.13. The summed E-state index contributed by atoms with van der Waals surface area (Å²) in [5, 5.41) is 1.21. The Morgan fingerprint density at radius 2 is 1.93 bits per heavy atom. The molecular weight excluding hydrogens is 469 g/mol. The van der Waals surface area contributed by atoms with Crippen LogP contribution in [0.1, 0.15) is 35.0 Å². The summed E-state index contributed by atoms with van der Waals surface area (Å²) in [6.07, 6.45) is 2.12. The van der Waals surface area contributed by atoms with Crippen molar-refractivity contribution in [3.05, 3.63) is 64.6 Å². The molecule has 0 aliphatic carbocycles. The minimum absolute atomic E-state index is 0.676. The number of ether oxygens (including phenoxy) is 1. The molecule has 2 aromatic carbocycles. The number of aromatic amines is 1. The lowest BCUT2D eigenvalue weighted by atomic mass is 9.87. The van der Waals surface area contributed by atoms with Crippen molar-refractivity contribution in [1.82, 2.24) is 13.9 Å². The van der Waals surface area contributed by atoms with Crippen LogP contribution in [0.15, 0.2) is 36.5 Å². The minimum Gasteiger partial charge on any atom is -0.366 e. The topological polar surface area (TPSA) is 42.8 Å². The predicted molar refractivity (Wildman–Crippen MR) is 123 cm³/mol. The van der Waals surface area contributed by atoms with Crippen LogP contribution in [0, 0.1) is 20.8 Å². The number of hydrogen-bond acceptors (Lipinski definition) is 3. The van der Waals surface area contributed by atoms with Gasteiger partial charge >= 0.3 is 0 Å². The number of imidazole rings is 1. The highest BCUT2D eigenvalue weighted by molar-refractivity contribution is 14.2. The SMILES string of the molecule is COC(C)(c1nc2ccc(C)cc2[nH]1)c1c(C)cc(C)c2c1ccn2SI. The van der Waals surface area contributed by atoms with Gasteiger partial charge in [-0.05, 0) is 62.6 Å². The van der Waals surface area contributed by atoms with Crippen LogP contribution in [0.3, 0.4) is 0 Å². The van der Waals surface area contributed by atoms with Crippen molar-refractivity contribution in [2.75, 3.05) is 7.11 Å². The number of methoxy groups -OCH3 is 1. The molecule has 0 saturated carbocycles. The normalized spacial score (nSPS) is 14.1. The molecule has 0 bridgehead atoms. The van der Waals surface area contributed by atoms with Gasteiger partial charge in [-0.3, -0.25) is 3.97 Å². The lowest BCUT2D eigenvalue weighted by molar-refractivity contribution is 0.0331. The van der Waals surface area contributed by atoms with Gasteiger partial charge < -0.3 is 9.72 Å². The second-order valence-corrected chi connectivity index (χ2v) is 8.91. The van der Waals surface area contributed by atoms with Crippen LogP contribution in [0.2, 0.25) is 0 Å². The zero-order valence-corrected chi connectivity index (χ0v) is 19.0. The van der Waals surface area contributed by atoms with E-state index in [9.17, 15) is 0 Å². The first kappa shape index (κ1) is 18.8. The molecule has 0 fully saturated rings. The average Bonchev–Trinajstić information content (AvgIpc) is 3.25. The highest BCUT2D eigenvalue weighted by atomic mass is 127. The molecule has 1 N–H and O–H groups in total. The first-order chi connectivity index (χ1) is 12.9. The standard InChI is InChI=1S/C21H22IN3OS/c1-12-6-7-16-17(10-12)24-20(23-16)21(4,26-5)18-13(2)11-14(3)19-15(18)8-9-25(19)27-22/h6-11H,1-5H3,(H,23,24). The maximum Gasteiger partial charge on any atom is 0.148 e. The number of fused-ring (bicyclic) bond motifs is 2. The smallest absolute Gasteiger partial charge is 0.148 e. The van der Waals surface area contributed by atoms with Crippen molar-refractivity contribution in [3.8, 4) is 0 Å². The van der Waals surface area contributed by atoms with Gasteiger partial charge in [0.05, 0.1) is 16.6 Å². The number of halogens is 1. The summed E-state index contributed by atoms with van der Waals surface area (Å²) in [5.74, 6) is 0.828. The second kappa shape index (κ2) is 6.83. The fraction of sp³-hybridized carbons (Fsp3) is 0.286. The number of rotatable bonds is 4. The van der Waals surface area contributed by atoms with Gasteiger partial charge in [-0.15, -0.1) is 0 Å². The van der Waals surface area contributed by atoms with Gasteiger partial charge in [0.2, 0.25) is 0 Å². The molecule has 0 saturated heterocycles. The lowest BCUT2D eigenvalue weighted by Crippen LogP contribution is -2.29. The third-order valence-corrected chi connectivity index (χ3v) is 7.10. The minimum atomic E-state index is -0.676. The second-order valence-electron chi connectivity index (χ2n) is 7.20. The first-order valence-electron chi connectivity index (χ1n) is 8.82. The van der Waals surface area contributed by atoms with E-state index in [1.54, 1.807) is 16.2 Å². The maximum absolute atomic E-state index is 6.13. The molecule has 1 unspecified atom stereocenters. The fourth-order valence-corrected chi connectivity index (χ4v) is 5.44. The molecule has 0 aliphatic heterocycles. The monoisotopic (exact) mass is 491 g/mol. The first-order valence-corrected chi connectivity index (χ1v) is 12.1. The number of nitrogens with one attached hydrogen (secondary N) is 1. The number of benzene rings is 2. The number of H-pyrrole nitrogens is 1. The zero-order chi connectivity index (χ0) is 19.3. The molecular formula is C21H22IN3OS. The number of hydrogen-bond donors (Lipinski definition) is 1. The van der Waals surface area contributed by atoms with E-state index in [-0.39, 0.29) is 0 Å². The van der Waals surface area contributed by atoms with Gasteiger partial charge in [-0.25, -0.2) is 4.98 Å². The van der Waals surface area contributed by atoms with Crippen LogP contribution in [0.5, 0.6) is 0 Å². The Labute approximate surface area is 175 Å². The summed E-state index contributed by atoms with van der Waals surface area (Å²) in [6, 6.07) is 10.7. The summed E-state index contributed by atoms with van der Waals surface area (Å²) < 4.78 is 8.33. The van der Waals surface area contributed by atoms with Crippen LogP contribution in [0.25, 0.3) is 21.9 Å². The van der Waals surface area contributed by atoms with Crippen molar-refractivity contribution in [2.45, 2.75) is 33.3 Å². The quantitative estimate of drug-likeness (QED) is 0.346. The van der Waals surface area contributed by atoms with E-state index in [1.165, 1.54) is 27.6 Å². The molecule has 0 aliphatic rings. The number of nitrogens with zero attached hydrogens (tertiary/aromatic N) is 2. The van der Waals surface area contributed by atoms with E-state index >= 15 is 0 Å². The molecule has 4 aromatic rings. The van der Waals surface area contributed by atoms with Gasteiger partial charge in [0.1, 0.15) is 11.4 Å². The number of aryl methyl sites for hydroxylation is 3. The van der Waals surface area contributed by atoms with E-state index in [4.69, 9.17) is 9.72 Å². The summed E-state index contributed by atoms with van der Waals surface area (Å²) in [4.78, 5) is 8.38. The van der Waals surface area contributed by atoms with Crippen LogP contribution in [-0.4, -0.2) is 21.1 Å². The van der Waals surface area contributed by atoms with Crippen molar-refractivity contribution < 1.29 is 4.74 Å². The van der Waals surface area contributed by atoms with Crippen LogP contribution >= 0.6 is 30.3 Å². The van der Waals surface area contributed by atoms with Crippen LogP contribution in [0.4, 0.5) is 0 Å². The molecule has 0 spiro atoms. The van der Waals surface area contributed by atoms with Crippen molar-refractivity contribution in [1.29, 1.82) is 0 Å². The largest absolute Gasteiger partial charge is 0.366 e. The Morgan fingerprint density at radius 3 is 2.63 bits per heavy atom. The Hall–Kier alpha value is -1.51. The average molecular weight is 491 g/mol. The number of aromatic nitrogens is 3. The van der Waals surface area contributed by atoms with Gasteiger partial charge in [-0.1, -0.05) is 12.1 Å². The van der Waals surface area contributed by atoms with Gasteiger partial charge in [0.15, 0.2) is 0 Å². The molecule has 0 amide bonds. The predicted octanol–water partition coefficient (Wildman–Crippen LogP) is 6.20. The van der Waals surface area contributed by atoms with Gasteiger partial charge in [0.25, 0.3) is 0 Å². The van der Waals surface area contributed by atoms with E-state index in [0.29, 0.717) is 0 Å². The Kier molecular flexibility index (Phi) is 4.76. The zero-order valence-electron chi connectivity index (χ0n) is 16.1. The van der Waals surface area contributed by atoms with Crippen molar-refractivity contribution in [2.24, 2.45) is 0 Å². The molecule has 4 nitrogen and oxygen atoms in total. The van der Waals surface area contributed by atoms with Gasteiger partial charge in [0, 0.05) is 54.6 Å². The molecule has 4 rings (SSSR count). The molecule has 2 heterocycles. The molecule has 140 valence electrons. The Morgan fingerprint density at radius 1 is 1.15 bits per heavy atom. The summed E-state index contributed by atoms with van der Waals surface area (Å²) in [6.45, 7) is 8.51. The molecule has 2 aromatic heterocycles. The van der Waals surface area contributed by atoms with E-state index < -0.39 is 5.60 Å². The summed E-state index contributed by atoms with van der Waals surface area (Å²) >= 11 is 2.32. The fourth-order valence-electron chi connectivity index (χ4n) is 4.04. The third kappa shape index (κ3) is 2.89. The van der Waals surface area contributed by atoms with Gasteiger partial charge in [-0.2, -0.15) is 0 Å². The third-order valence-electron chi connectivity index (χ3n) is 5.37. The highest BCUT2D eigenvalue weighted by Gasteiger charge is 2.36. The highest BCUT2D eigenvalue weighted by Crippen LogP contribution is 2.41. The molecule has 27 heavy (non-hydrogen) atoms. The molecule has 0 radical (unpaired) electrons. The summed E-state index contributed by atoms with van der Waals surface area (Å²) in [5.41, 5.74) is 7.38. The van der Waals surface area contributed by atoms with E-state index in [0.717, 1.165) is 22.4 Å². The summed E-state index contributed by atoms with van der Waals surface area (Å²) in [7, 11) is 3.43. The Balaban J connectivity index is 2.02. The van der Waals surface area contributed by atoms with E-state index in [2.05, 4.69) is 94.4 Å². The lowest BCUT2D eigenvalue weighted by Gasteiger charge is -2.29. The molecule has 6 heteroatoms.